The zero-order chi connectivity index (χ0) is 18.0. The normalized spacial score (nSPS) is 24.0. The van der Waals surface area contributed by atoms with E-state index < -0.39 is 18.1 Å². The lowest BCUT2D eigenvalue weighted by atomic mass is 9.85. The predicted octanol–water partition coefficient (Wildman–Crippen LogP) is 3.87. The highest BCUT2D eigenvalue weighted by Crippen LogP contribution is 2.41. The van der Waals surface area contributed by atoms with Crippen molar-refractivity contribution in [1.82, 2.24) is 5.32 Å². The molecule has 1 fully saturated rings. The number of rotatable bonds is 4. The fourth-order valence-corrected chi connectivity index (χ4v) is 3.30. The van der Waals surface area contributed by atoms with Gasteiger partial charge in [0.15, 0.2) is 0 Å². The van der Waals surface area contributed by atoms with Gasteiger partial charge in [0.05, 0.1) is 11.5 Å². The van der Waals surface area contributed by atoms with Gasteiger partial charge < -0.3 is 15.2 Å². The molecular weight excluding hydrogens is 335 g/mol. The summed E-state index contributed by atoms with van der Waals surface area (Å²) < 4.78 is 44.5. The van der Waals surface area contributed by atoms with E-state index in [1.165, 1.54) is 12.1 Å². The van der Waals surface area contributed by atoms with Crippen LogP contribution in [-0.2, 0) is 0 Å². The zero-order valence-electron chi connectivity index (χ0n) is 13.6. The van der Waals surface area contributed by atoms with Crippen molar-refractivity contribution in [3.63, 3.8) is 0 Å². The van der Waals surface area contributed by atoms with Gasteiger partial charge in [0.1, 0.15) is 11.9 Å². The molecule has 0 bridgehead atoms. The van der Waals surface area contributed by atoms with Crippen LogP contribution in [0.5, 0.6) is 5.75 Å². The van der Waals surface area contributed by atoms with Crippen molar-refractivity contribution in [3.05, 3.63) is 35.4 Å². The Bertz CT molecular complexity index is 679. The van der Waals surface area contributed by atoms with Crippen LogP contribution in [0.1, 0.15) is 41.6 Å². The second-order valence-corrected chi connectivity index (χ2v) is 6.49. The topological polar surface area (TPSA) is 58.6 Å². The molecule has 3 rings (SSSR count). The molecule has 7 heteroatoms. The third-order valence-corrected chi connectivity index (χ3v) is 4.76. The van der Waals surface area contributed by atoms with E-state index in [2.05, 4.69) is 5.32 Å². The molecule has 0 spiro atoms. The predicted molar refractivity (Wildman–Crippen MR) is 86.7 cm³/mol. The molecule has 1 heterocycles. The molecule has 136 valence electrons. The minimum absolute atomic E-state index is 0.0110. The molecule has 2 atom stereocenters. The van der Waals surface area contributed by atoms with Crippen LogP contribution in [0.15, 0.2) is 24.3 Å². The van der Waals surface area contributed by atoms with Crippen LogP contribution < -0.4 is 10.1 Å². The van der Waals surface area contributed by atoms with E-state index in [1.807, 2.05) is 0 Å². The summed E-state index contributed by atoms with van der Waals surface area (Å²) >= 11 is 0. The van der Waals surface area contributed by atoms with Gasteiger partial charge in [0.2, 0.25) is 0 Å². The van der Waals surface area contributed by atoms with E-state index in [9.17, 15) is 23.1 Å². The van der Waals surface area contributed by atoms with E-state index in [1.54, 1.807) is 12.1 Å². The lowest BCUT2D eigenvalue weighted by molar-refractivity contribution is -0.175. The summed E-state index contributed by atoms with van der Waals surface area (Å²) in [6, 6.07) is 4.57. The second-order valence-electron chi connectivity index (χ2n) is 6.49. The summed E-state index contributed by atoms with van der Waals surface area (Å²) in [5.41, 5.74) is 1.42. The molecule has 2 aliphatic rings. The van der Waals surface area contributed by atoms with Crippen LogP contribution in [0.3, 0.4) is 0 Å². The lowest BCUT2D eigenvalue weighted by Gasteiger charge is -2.25. The van der Waals surface area contributed by atoms with Crippen molar-refractivity contribution in [2.45, 2.75) is 38.0 Å². The van der Waals surface area contributed by atoms with Crippen LogP contribution in [0.2, 0.25) is 0 Å². The molecule has 0 amide bonds. The molecule has 1 aliphatic heterocycles. The first-order chi connectivity index (χ1) is 11.8. The number of carboxylic acids is 1. The first-order valence-electron chi connectivity index (χ1n) is 8.35. The molecule has 1 aromatic carbocycles. The number of carbonyl (C=O) groups is 1. The number of ether oxygens (including phenoxy) is 1. The molecule has 1 unspecified atom stereocenters. The molecule has 4 nitrogen and oxygen atoms in total. The van der Waals surface area contributed by atoms with Crippen molar-refractivity contribution in [2.24, 2.45) is 5.92 Å². The number of hydrogen-bond donors (Lipinski definition) is 2. The smallest absolute Gasteiger partial charge is 0.392 e. The van der Waals surface area contributed by atoms with Gasteiger partial charge in [-0.15, -0.1) is 0 Å². The standard InChI is InChI=1S/C18H20F3NO3/c19-18(20,21)13-4-1-11(2-5-13)15-9-12(17(23)24)3-6-16(15)25-14-7-8-22-10-14/h1,3,6,9,13-14,22H,2,4-5,7-8,10H2,(H,23,24)/t13?,14-/m0/s1. The number of halogens is 3. The average molecular weight is 355 g/mol. The monoisotopic (exact) mass is 355 g/mol. The van der Waals surface area contributed by atoms with Crippen molar-refractivity contribution in [2.75, 3.05) is 13.1 Å². The van der Waals surface area contributed by atoms with Crippen LogP contribution in [0, 0.1) is 5.92 Å². The third kappa shape index (κ3) is 4.15. The Hall–Kier alpha value is -2.02. The summed E-state index contributed by atoms with van der Waals surface area (Å²) in [5.74, 6) is -1.86. The van der Waals surface area contributed by atoms with Gasteiger partial charge >= 0.3 is 12.1 Å². The second kappa shape index (κ2) is 7.07. The molecule has 25 heavy (non-hydrogen) atoms. The number of allylic oxidation sites excluding steroid dienone is 2. The fourth-order valence-electron chi connectivity index (χ4n) is 3.30. The van der Waals surface area contributed by atoms with Gasteiger partial charge in [-0.1, -0.05) is 6.08 Å². The first kappa shape index (κ1) is 17.8. The number of nitrogens with one attached hydrogen (secondary N) is 1. The van der Waals surface area contributed by atoms with Crippen molar-refractivity contribution in [1.29, 1.82) is 0 Å². The first-order valence-corrected chi connectivity index (χ1v) is 8.35. The third-order valence-electron chi connectivity index (χ3n) is 4.76. The highest BCUT2D eigenvalue weighted by molar-refractivity contribution is 5.89. The number of carboxylic acid groups (broad SMARTS) is 1. The Morgan fingerprint density at radius 3 is 2.64 bits per heavy atom. The number of benzene rings is 1. The lowest BCUT2D eigenvalue weighted by Crippen LogP contribution is -2.24. The zero-order valence-corrected chi connectivity index (χ0v) is 13.6. The van der Waals surface area contributed by atoms with E-state index in [0.717, 1.165) is 18.5 Å². The van der Waals surface area contributed by atoms with Crippen LogP contribution >= 0.6 is 0 Å². The van der Waals surface area contributed by atoms with Gasteiger partial charge in [-0.05, 0) is 56.0 Å². The SMILES string of the molecule is O=C(O)c1ccc(O[C@H]2CCNC2)c(C2=CCC(C(F)(F)F)CC2)c1. The number of alkyl halides is 3. The van der Waals surface area contributed by atoms with Crippen LogP contribution in [0.4, 0.5) is 13.2 Å². The maximum absolute atomic E-state index is 12.9. The molecule has 1 aliphatic carbocycles. The van der Waals surface area contributed by atoms with Crippen molar-refractivity contribution >= 4 is 11.5 Å². The highest BCUT2D eigenvalue weighted by atomic mass is 19.4. The summed E-state index contributed by atoms with van der Waals surface area (Å²) in [7, 11) is 0. The van der Waals surface area contributed by atoms with Gasteiger partial charge in [-0.25, -0.2) is 4.79 Å². The molecule has 1 aromatic rings. The Morgan fingerprint density at radius 2 is 2.08 bits per heavy atom. The van der Waals surface area contributed by atoms with E-state index in [0.29, 0.717) is 17.9 Å². The fraction of sp³-hybridized carbons (Fsp3) is 0.500. The van der Waals surface area contributed by atoms with E-state index in [-0.39, 0.29) is 30.9 Å². The Balaban J connectivity index is 1.88. The Kier molecular flexibility index (Phi) is 5.03. The van der Waals surface area contributed by atoms with Crippen molar-refractivity contribution in [3.8, 4) is 5.75 Å². The number of hydrogen-bond acceptors (Lipinski definition) is 3. The maximum Gasteiger partial charge on any atom is 0.392 e. The van der Waals surface area contributed by atoms with Gasteiger partial charge in [0, 0.05) is 12.1 Å². The average Bonchev–Trinajstić information content (AvgIpc) is 3.07. The molecule has 1 saturated heterocycles. The minimum atomic E-state index is -4.19. The molecule has 0 radical (unpaired) electrons. The maximum atomic E-state index is 12.9. The van der Waals surface area contributed by atoms with E-state index in [4.69, 9.17) is 4.74 Å². The Morgan fingerprint density at radius 1 is 1.28 bits per heavy atom. The van der Waals surface area contributed by atoms with Gasteiger partial charge in [0.25, 0.3) is 0 Å². The molecular formula is C18H20F3NO3. The summed E-state index contributed by atoms with van der Waals surface area (Å²) in [6.45, 7) is 1.55. The van der Waals surface area contributed by atoms with E-state index >= 15 is 0 Å². The summed E-state index contributed by atoms with van der Waals surface area (Å²) in [5, 5.41) is 12.4. The largest absolute Gasteiger partial charge is 0.488 e. The van der Waals surface area contributed by atoms with Crippen LogP contribution in [-0.4, -0.2) is 36.4 Å². The molecule has 0 saturated carbocycles. The van der Waals surface area contributed by atoms with Gasteiger partial charge in [-0.2, -0.15) is 13.2 Å². The Labute approximate surface area is 143 Å². The van der Waals surface area contributed by atoms with Crippen molar-refractivity contribution < 1.29 is 27.8 Å². The number of aromatic carboxylic acids is 1. The quantitative estimate of drug-likeness (QED) is 0.861. The molecule has 2 N–H and O–H groups in total. The minimum Gasteiger partial charge on any atom is -0.488 e. The van der Waals surface area contributed by atoms with Crippen LogP contribution in [0.25, 0.3) is 5.57 Å². The highest BCUT2D eigenvalue weighted by Gasteiger charge is 2.40. The molecule has 0 aromatic heterocycles. The summed E-state index contributed by atoms with van der Waals surface area (Å²) in [6.07, 6.45) is -1.61. The van der Waals surface area contributed by atoms with Gasteiger partial charge in [-0.3, -0.25) is 0 Å². The summed E-state index contributed by atoms with van der Waals surface area (Å²) in [4.78, 5) is 11.3.